The molecule has 206 valence electrons. The van der Waals surface area contributed by atoms with Gasteiger partial charge >= 0.3 is 0 Å². The van der Waals surface area contributed by atoms with E-state index in [4.69, 9.17) is 0 Å². The third-order valence-corrected chi connectivity index (χ3v) is 7.15. The lowest BCUT2D eigenvalue weighted by Crippen LogP contribution is -2.49. The second-order valence-corrected chi connectivity index (χ2v) is 10.4. The third kappa shape index (κ3) is 6.69. The molecular weight excluding hydrogens is 506 g/mol. The van der Waals surface area contributed by atoms with E-state index in [9.17, 15) is 24.0 Å². The van der Waals surface area contributed by atoms with Crippen molar-refractivity contribution < 1.29 is 24.0 Å². The Bertz CT molecular complexity index is 1460. The number of Topliss-reactive ketones (excluding diaryl/α,β-unsaturated/α-hetero) is 1. The molecule has 1 heterocycles. The maximum Gasteiger partial charge on any atom is 0.244 e. The van der Waals surface area contributed by atoms with Crippen molar-refractivity contribution in [3.63, 3.8) is 0 Å². The molecule has 0 saturated carbocycles. The minimum atomic E-state index is -1.15. The van der Waals surface area contributed by atoms with Crippen molar-refractivity contribution in [1.82, 2.24) is 16.0 Å². The van der Waals surface area contributed by atoms with Crippen molar-refractivity contribution in [2.45, 2.75) is 39.3 Å². The van der Waals surface area contributed by atoms with Gasteiger partial charge in [0.25, 0.3) is 0 Å². The van der Waals surface area contributed by atoms with Crippen LogP contribution in [-0.4, -0.2) is 35.5 Å². The number of imide groups is 1. The summed E-state index contributed by atoms with van der Waals surface area (Å²) in [6.07, 6.45) is 3.02. The fraction of sp³-hybridized carbons (Fsp3) is 0.281. The summed E-state index contributed by atoms with van der Waals surface area (Å²) in [5.74, 6) is -4.75. The van der Waals surface area contributed by atoms with Crippen LogP contribution in [0.3, 0.4) is 0 Å². The molecule has 4 amide bonds. The van der Waals surface area contributed by atoms with Crippen LogP contribution < -0.4 is 16.0 Å². The van der Waals surface area contributed by atoms with Gasteiger partial charge in [-0.3, -0.25) is 29.3 Å². The summed E-state index contributed by atoms with van der Waals surface area (Å²) in [5, 5.41) is 10.00. The fourth-order valence-corrected chi connectivity index (χ4v) is 4.89. The van der Waals surface area contributed by atoms with Crippen molar-refractivity contribution >= 4 is 46.3 Å². The molecule has 0 aromatic heterocycles. The largest absolute Gasteiger partial charge is 0.346 e. The van der Waals surface area contributed by atoms with Gasteiger partial charge in [0, 0.05) is 6.08 Å². The Kier molecular flexibility index (Phi) is 8.89. The van der Waals surface area contributed by atoms with E-state index in [1.54, 1.807) is 19.9 Å². The lowest BCUT2D eigenvalue weighted by molar-refractivity contribution is -0.137. The molecule has 4 atom stereocenters. The fourth-order valence-electron chi connectivity index (χ4n) is 4.89. The Morgan fingerprint density at radius 3 is 2.20 bits per heavy atom. The predicted octanol–water partition coefficient (Wildman–Crippen LogP) is 3.72. The average molecular weight is 540 g/mol. The first kappa shape index (κ1) is 28.4. The summed E-state index contributed by atoms with van der Waals surface area (Å²) >= 11 is 0. The van der Waals surface area contributed by atoms with Gasteiger partial charge in [0.05, 0.1) is 24.4 Å². The number of amides is 4. The number of carbonyl (C=O) groups excluding carboxylic acids is 5. The summed E-state index contributed by atoms with van der Waals surface area (Å²) < 4.78 is 0. The van der Waals surface area contributed by atoms with E-state index in [1.807, 2.05) is 72.8 Å². The molecule has 3 N–H and O–H groups in total. The average Bonchev–Trinajstić information content (AvgIpc) is 3.20. The topological polar surface area (TPSA) is 121 Å². The lowest BCUT2D eigenvalue weighted by Gasteiger charge is -2.25. The summed E-state index contributed by atoms with van der Waals surface area (Å²) in [6, 6.07) is 21.3. The van der Waals surface area contributed by atoms with Gasteiger partial charge in [-0.25, -0.2) is 0 Å². The molecule has 1 saturated heterocycles. The molecule has 1 fully saturated rings. The highest BCUT2D eigenvalue weighted by molar-refractivity contribution is 6.16. The maximum absolute atomic E-state index is 13.2. The van der Waals surface area contributed by atoms with E-state index in [2.05, 4.69) is 16.0 Å². The van der Waals surface area contributed by atoms with Crippen LogP contribution in [0.25, 0.3) is 16.8 Å². The van der Waals surface area contributed by atoms with Crippen LogP contribution in [0.5, 0.6) is 0 Å². The van der Waals surface area contributed by atoms with Gasteiger partial charge in [0.1, 0.15) is 5.92 Å². The van der Waals surface area contributed by atoms with Crippen molar-refractivity contribution in [1.29, 1.82) is 0 Å². The number of fused-ring (bicyclic) bond motifs is 1. The highest BCUT2D eigenvalue weighted by atomic mass is 16.2. The molecule has 3 aromatic rings. The Morgan fingerprint density at radius 2 is 1.55 bits per heavy atom. The summed E-state index contributed by atoms with van der Waals surface area (Å²) in [4.78, 5) is 63.4. The molecule has 0 unspecified atom stereocenters. The highest BCUT2D eigenvalue weighted by Crippen LogP contribution is 2.24. The van der Waals surface area contributed by atoms with E-state index in [0.717, 1.165) is 21.9 Å². The molecule has 0 aliphatic carbocycles. The number of hydrogen-bond donors (Lipinski definition) is 3. The lowest BCUT2D eigenvalue weighted by atomic mass is 9.85. The van der Waals surface area contributed by atoms with E-state index < -0.39 is 47.4 Å². The highest BCUT2D eigenvalue weighted by Gasteiger charge is 2.46. The van der Waals surface area contributed by atoms with Gasteiger partial charge in [-0.15, -0.1) is 0 Å². The zero-order chi connectivity index (χ0) is 28.8. The van der Waals surface area contributed by atoms with E-state index in [-0.39, 0.29) is 18.2 Å². The molecule has 40 heavy (non-hydrogen) atoms. The molecule has 8 heteroatoms. The van der Waals surface area contributed by atoms with Crippen molar-refractivity contribution in [3.8, 4) is 0 Å². The zero-order valence-electron chi connectivity index (χ0n) is 22.7. The monoisotopic (exact) mass is 539 g/mol. The van der Waals surface area contributed by atoms with Gasteiger partial charge in [0.2, 0.25) is 23.6 Å². The number of carbonyl (C=O) groups is 5. The Morgan fingerprint density at radius 1 is 0.875 bits per heavy atom. The molecule has 1 aliphatic heterocycles. The van der Waals surface area contributed by atoms with E-state index >= 15 is 0 Å². The Balaban J connectivity index is 1.46. The van der Waals surface area contributed by atoms with Crippen LogP contribution in [0.2, 0.25) is 0 Å². The van der Waals surface area contributed by atoms with Crippen molar-refractivity contribution in [3.05, 3.63) is 90.0 Å². The van der Waals surface area contributed by atoms with Crippen molar-refractivity contribution in [2.75, 3.05) is 0 Å². The van der Waals surface area contributed by atoms with E-state index in [0.29, 0.717) is 0 Å². The van der Waals surface area contributed by atoms with E-state index in [1.165, 1.54) is 13.0 Å². The number of nitrogens with one attached hydrogen (secondary N) is 3. The van der Waals surface area contributed by atoms with Crippen LogP contribution in [-0.2, 0) is 24.0 Å². The van der Waals surface area contributed by atoms with Crippen molar-refractivity contribution in [2.24, 2.45) is 17.8 Å². The minimum absolute atomic E-state index is 0.124. The molecule has 8 nitrogen and oxygen atoms in total. The van der Waals surface area contributed by atoms with Crippen LogP contribution in [0.15, 0.2) is 78.9 Å². The van der Waals surface area contributed by atoms with Gasteiger partial charge in [-0.1, -0.05) is 87.5 Å². The quantitative estimate of drug-likeness (QED) is 0.206. The molecule has 0 spiro atoms. The third-order valence-electron chi connectivity index (χ3n) is 7.15. The second kappa shape index (κ2) is 12.5. The molecular formula is C32H33N3O5. The van der Waals surface area contributed by atoms with Gasteiger partial charge < -0.3 is 10.6 Å². The van der Waals surface area contributed by atoms with Gasteiger partial charge in [-0.05, 0) is 40.0 Å². The number of rotatable bonds is 10. The molecule has 3 aromatic carbocycles. The Hall–Kier alpha value is -4.59. The predicted molar refractivity (Wildman–Crippen MR) is 153 cm³/mol. The normalized spacial score (nSPS) is 18.5. The smallest absolute Gasteiger partial charge is 0.244 e. The Labute approximate surface area is 233 Å². The molecule has 4 rings (SSSR count). The zero-order valence-corrected chi connectivity index (χ0v) is 22.7. The van der Waals surface area contributed by atoms with Crippen LogP contribution in [0, 0.1) is 17.8 Å². The first-order chi connectivity index (χ1) is 19.1. The summed E-state index contributed by atoms with van der Waals surface area (Å²) in [6.45, 7) is 5.04. The minimum Gasteiger partial charge on any atom is -0.346 e. The van der Waals surface area contributed by atoms with Crippen LogP contribution >= 0.6 is 0 Å². The molecule has 0 bridgehead atoms. The maximum atomic E-state index is 13.2. The van der Waals surface area contributed by atoms with Gasteiger partial charge in [0.15, 0.2) is 5.78 Å². The summed E-state index contributed by atoms with van der Waals surface area (Å²) in [5.41, 5.74) is 1.59. The first-order valence-electron chi connectivity index (χ1n) is 13.3. The summed E-state index contributed by atoms with van der Waals surface area (Å²) in [7, 11) is 0. The van der Waals surface area contributed by atoms with Gasteiger partial charge in [-0.2, -0.15) is 0 Å². The molecule has 1 aliphatic rings. The SMILES string of the molecule is CC(C)[C@H](NC(=O)C[C@H](NC(=O)/C=C/c1ccc2ccccc2c1)c1ccccc1)C(=O)[C@@H]1C(=O)NC(=O)[C@H]1C. The number of benzene rings is 3. The number of ketones is 1. The first-order valence-corrected chi connectivity index (χ1v) is 13.3. The standard InChI is InChI=1S/C32H33N3O5/c1-19(2)29(30(38)28-20(3)31(39)35-32(28)40)34-27(37)18-25(23-10-5-4-6-11-23)33-26(36)16-14-21-13-15-22-9-7-8-12-24(22)17-21/h4-17,19-20,25,28-29H,18H2,1-3H3,(H,33,36)(H,34,37)(H,35,39,40)/b16-14+/t20-,25-,28+,29-/m0/s1. The number of hydrogen-bond acceptors (Lipinski definition) is 5. The second-order valence-electron chi connectivity index (χ2n) is 10.4. The molecule has 0 radical (unpaired) electrons. The van der Waals surface area contributed by atoms with Crippen LogP contribution in [0.4, 0.5) is 0 Å². The van der Waals surface area contributed by atoms with Crippen LogP contribution in [0.1, 0.15) is 44.4 Å².